The van der Waals surface area contributed by atoms with Crippen molar-refractivity contribution in [1.29, 1.82) is 0 Å². The summed E-state index contributed by atoms with van der Waals surface area (Å²) in [6.07, 6.45) is 0. The maximum absolute atomic E-state index is 10.9. The summed E-state index contributed by atoms with van der Waals surface area (Å²) in [5, 5.41) is 45.2. The van der Waals surface area contributed by atoms with Crippen molar-refractivity contribution >= 4 is 44.1 Å². The van der Waals surface area contributed by atoms with Crippen molar-refractivity contribution in [3.05, 3.63) is 72.8 Å². The quantitative estimate of drug-likeness (QED) is 0.164. The van der Waals surface area contributed by atoms with Gasteiger partial charge >= 0.3 is 19.5 Å². The Labute approximate surface area is 264 Å². The molecular formula is C32H16N8O4Zn. The summed E-state index contributed by atoms with van der Waals surface area (Å²) in [5.41, 5.74) is 2.39. The van der Waals surface area contributed by atoms with Crippen molar-refractivity contribution in [1.82, 2.24) is 39.9 Å². The molecule has 7 aromatic rings. The SMILES string of the molecule is Oc1cccc2c1-c1nc-2nc2[n-]c(nc3nc(nc4[n-]c(n1)c1cccc(O)c41)-c1cccc(O)c1-3)c1cccc(O)c21.[Zn+2]. The Balaban J connectivity index is 0.00000300. The van der Waals surface area contributed by atoms with Gasteiger partial charge in [0.15, 0.2) is 0 Å². The molecule has 12 nitrogen and oxygen atoms in total. The predicted molar refractivity (Wildman–Crippen MR) is 161 cm³/mol. The fraction of sp³-hybridized carbons (Fsp3) is 0. The van der Waals surface area contributed by atoms with Crippen LogP contribution in [0.25, 0.3) is 89.7 Å². The Kier molecular flexibility index (Phi) is 5.65. The molecule has 210 valence electrons. The molecule has 45 heavy (non-hydrogen) atoms. The molecule has 3 aromatic heterocycles. The molecule has 0 saturated heterocycles. The zero-order chi connectivity index (χ0) is 29.7. The molecule has 0 unspecified atom stereocenters. The third-order valence-corrected chi connectivity index (χ3v) is 7.72. The summed E-state index contributed by atoms with van der Waals surface area (Å²) in [4.78, 5) is 37.5. The van der Waals surface area contributed by atoms with Gasteiger partial charge in [0, 0.05) is 44.5 Å². The maximum Gasteiger partial charge on any atom is 2.00 e. The molecular weight excluding hydrogens is 626 g/mol. The molecule has 0 spiro atoms. The fourth-order valence-electron chi connectivity index (χ4n) is 5.78. The second-order valence-corrected chi connectivity index (χ2v) is 10.3. The molecule has 2 aliphatic heterocycles. The van der Waals surface area contributed by atoms with Crippen molar-refractivity contribution < 1.29 is 39.9 Å². The van der Waals surface area contributed by atoms with Crippen LogP contribution in [-0.4, -0.2) is 50.3 Å². The van der Waals surface area contributed by atoms with E-state index in [1.807, 2.05) is 0 Å². The van der Waals surface area contributed by atoms with Gasteiger partial charge in [-0.2, -0.15) is 0 Å². The average molecular weight is 642 g/mol. The molecule has 0 fully saturated rings. The molecule has 2 aliphatic rings. The van der Waals surface area contributed by atoms with Crippen LogP contribution in [0.5, 0.6) is 23.0 Å². The van der Waals surface area contributed by atoms with Crippen molar-refractivity contribution in [3.63, 3.8) is 0 Å². The second kappa shape index (κ2) is 9.53. The maximum atomic E-state index is 10.9. The van der Waals surface area contributed by atoms with E-state index in [4.69, 9.17) is 19.9 Å². The number of hydrogen-bond donors (Lipinski definition) is 4. The minimum atomic E-state index is -0.0601. The zero-order valence-corrected chi connectivity index (χ0v) is 26.0. The van der Waals surface area contributed by atoms with Crippen LogP contribution in [0.1, 0.15) is 0 Å². The van der Waals surface area contributed by atoms with Gasteiger partial charge in [-0.3, -0.25) is 0 Å². The average Bonchev–Trinajstić information content (AvgIpc) is 3.74. The molecule has 0 atom stereocenters. The summed E-state index contributed by atoms with van der Waals surface area (Å²) in [7, 11) is 0. The summed E-state index contributed by atoms with van der Waals surface area (Å²) in [6, 6.07) is 19.8. The van der Waals surface area contributed by atoms with Crippen LogP contribution in [0, 0.1) is 0 Å². The monoisotopic (exact) mass is 640 g/mol. The molecule has 0 amide bonds. The number of nitrogens with zero attached hydrogens (tertiary/aromatic N) is 8. The fourth-order valence-corrected chi connectivity index (χ4v) is 5.78. The van der Waals surface area contributed by atoms with Crippen LogP contribution >= 0.6 is 0 Å². The van der Waals surface area contributed by atoms with E-state index >= 15 is 0 Å². The molecule has 0 saturated carbocycles. The van der Waals surface area contributed by atoms with E-state index in [1.54, 1.807) is 48.5 Å². The van der Waals surface area contributed by atoms with Crippen LogP contribution in [0.4, 0.5) is 0 Å². The van der Waals surface area contributed by atoms with Gasteiger partial charge in [0.05, 0.1) is 34.4 Å². The van der Waals surface area contributed by atoms with Crippen LogP contribution in [0.15, 0.2) is 72.8 Å². The van der Waals surface area contributed by atoms with E-state index in [-0.39, 0.29) is 88.4 Å². The van der Waals surface area contributed by atoms with E-state index in [2.05, 4.69) is 19.9 Å². The zero-order valence-electron chi connectivity index (χ0n) is 23.0. The molecule has 9 rings (SSSR count). The van der Waals surface area contributed by atoms with E-state index in [0.29, 0.717) is 43.8 Å². The standard InChI is InChI=1S/C32H16N8O4.Zn/c41-17-9-1-5-13-21(17)29-33-25(13)37-30-22-14(6-2-10-18(22)42)27(34-30)39-32-24-16(8-4-12-20(24)44)28(36-32)40-31-23-15(26(35-31)38-29)7-3-11-19(23)43;/h1-12H,(H4-2,33,34,35,36,37,38,39,40,41,42,43,44);/q-2;+2. The molecule has 4 aromatic carbocycles. The number of aromatic hydroxyl groups is 4. The third-order valence-electron chi connectivity index (χ3n) is 7.72. The number of aromatic nitrogens is 8. The summed E-state index contributed by atoms with van der Waals surface area (Å²) < 4.78 is 0. The Hall–Kier alpha value is -5.94. The van der Waals surface area contributed by atoms with E-state index in [1.165, 1.54) is 24.3 Å². The first-order chi connectivity index (χ1) is 21.4. The van der Waals surface area contributed by atoms with Crippen molar-refractivity contribution in [3.8, 4) is 68.5 Å². The second-order valence-electron chi connectivity index (χ2n) is 10.3. The Bertz CT molecular complexity index is 2400. The van der Waals surface area contributed by atoms with Gasteiger partial charge < -0.3 is 50.3 Å². The largest absolute Gasteiger partial charge is 2.00 e. The number of rotatable bonds is 0. The van der Waals surface area contributed by atoms with Gasteiger partial charge in [-0.05, 0) is 35.0 Å². The Morgan fingerprint density at radius 2 is 0.778 bits per heavy atom. The summed E-state index contributed by atoms with van der Waals surface area (Å²) >= 11 is 0. The van der Waals surface area contributed by atoms with E-state index in [9.17, 15) is 20.4 Å². The smallest absolute Gasteiger partial charge is 0.507 e. The van der Waals surface area contributed by atoms with Gasteiger partial charge in [0.2, 0.25) is 0 Å². The number of benzene rings is 4. The van der Waals surface area contributed by atoms with Gasteiger partial charge in [-0.15, -0.1) is 0 Å². The van der Waals surface area contributed by atoms with Crippen LogP contribution in [-0.2, 0) is 19.5 Å². The molecule has 13 heteroatoms. The van der Waals surface area contributed by atoms with Gasteiger partial charge in [-0.25, -0.2) is 9.97 Å². The first-order valence-electron chi connectivity index (χ1n) is 13.4. The molecule has 0 radical (unpaired) electrons. The molecule has 4 N–H and O–H groups in total. The van der Waals surface area contributed by atoms with E-state index < -0.39 is 0 Å². The third kappa shape index (κ3) is 3.80. The van der Waals surface area contributed by atoms with Crippen LogP contribution in [0.3, 0.4) is 0 Å². The predicted octanol–water partition coefficient (Wildman–Crippen LogP) is 4.95. The van der Waals surface area contributed by atoms with Gasteiger partial charge in [0.1, 0.15) is 23.0 Å². The first kappa shape index (κ1) is 26.7. The number of phenols is 4. The van der Waals surface area contributed by atoms with Crippen molar-refractivity contribution in [2.45, 2.75) is 0 Å². The van der Waals surface area contributed by atoms with Crippen molar-refractivity contribution in [2.24, 2.45) is 0 Å². The number of hydrogen-bond acceptors (Lipinski definition) is 10. The molecule has 0 aliphatic carbocycles. The minimum Gasteiger partial charge on any atom is -0.507 e. The van der Waals surface area contributed by atoms with Crippen molar-refractivity contribution in [2.75, 3.05) is 0 Å². The van der Waals surface area contributed by atoms with Crippen LogP contribution in [0.2, 0.25) is 0 Å². The normalized spacial score (nSPS) is 11.7. The minimum absolute atomic E-state index is 0. The van der Waals surface area contributed by atoms with Gasteiger partial charge in [-0.1, -0.05) is 48.5 Å². The summed E-state index contributed by atoms with van der Waals surface area (Å²) in [5.74, 6) is 0.461. The Morgan fingerprint density at radius 3 is 1.22 bits per heavy atom. The number of phenolic OH excluding ortho intramolecular Hbond substituents is 4. The van der Waals surface area contributed by atoms with Crippen LogP contribution < -0.4 is 9.97 Å². The topological polar surface area (TPSA) is 186 Å². The van der Waals surface area contributed by atoms with E-state index in [0.717, 1.165) is 0 Å². The Morgan fingerprint density at radius 1 is 0.400 bits per heavy atom. The molecule has 5 heterocycles. The molecule has 8 bridgehead atoms. The van der Waals surface area contributed by atoms with Gasteiger partial charge in [0.25, 0.3) is 0 Å². The first-order valence-corrected chi connectivity index (χ1v) is 13.4. The number of fused-ring (bicyclic) bond motifs is 20. The summed E-state index contributed by atoms with van der Waals surface area (Å²) in [6.45, 7) is 0.